The highest BCUT2D eigenvalue weighted by Gasteiger charge is 2.23. The maximum Gasteiger partial charge on any atom is 0.341 e. The highest BCUT2D eigenvalue weighted by molar-refractivity contribution is 9.10. The molecule has 2 aromatic rings. The number of ether oxygens (including phenoxy) is 2. The van der Waals surface area contributed by atoms with Gasteiger partial charge in [-0.3, -0.25) is 4.98 Å². The minimum absolute atomic E-state index is 0.335. The summed E-state index contributed by atoms with van der Waals surface area (Å²) >= 11 is 3.53. The van der Waals surface area contributed by atoms with Crippen molar-refractivity contribution in [3.63, 3.8) is 0 Å². The van der Waals surface area contributed by atoms with Crippen LogP contribution in [0.3, 0.4) is 0 Å². The van der Waals surface area contributed by atoms with Crippen molar-refractivity contribution in [2.24, 2.45) is 0 Å². The van der Waals surface area contributed by atoms with E-state index in [4.69, 9.17) is 9.47 Å². The zero-order valence-corrected chi connectivity index (χ0v) is 13.9. The van der Waals surface area contributed by atoms with Crippen LogP contribution in [0, 0.1) is 0 Å². The molecule has 1 aliphatic rings. The summed E-state index contributed by atoms with van der Waals surface area (Å²) in [5.41, 5.74) is 2.24. The molecule has 116 valence electrons. The zero-order chi connectivity index (χ0) is 15.5. The van der Waals surface area contributed by atoms with Crippen LogP contribution in [0.25, 0.3) is 10.9 Å². The summed E-state index contributed by atoms with van der Waals surface area (Å²) in [4.78, 5) is 18.9. The SMILES string of the molecule is CCOC(=O)c1cnc2c(Br)cccc2c1N1CCOCC1. The Kier molecular flexibility index (Phi) is 4.59. The molecule has 0 unspecified atom stereocenters. The van der Waals surface area contributed by atoms with E-state index in [1.807, 2.05) is 18.2 Å². The number of carbonyl (C=O) groups is 1. The van der Waals surface area contributed by atoms with Gasteiger partial charge in [-0.1, -0.05) is 12.1 Å². The molecule has 0 aliphatic carbocycles. The number of carbonyl (C=O) groups excluding carboxylic acids is 1. The maximum atomic E-state index is 12.3. The van der Waals surface area contributed by atoms with E-state index >= 15 is 0 Å². The number of rotatable bonds is 3. The topological polar surface area (TPSA) is 51.7 Å². The Labute approximate surface area is 137 Å². The molecule has 1 saturated heterocycles. The highest BCUT2D eigenvalue weighted by Crippen LogP contribution is 2.33. The van der Waals surface area contributed by atoms with Crippen LogP contribution < -0.4 is 4.90 Å². The largest absolute Gasteiger partial charge is 0.462 e. The quantitative estimate of drug-likeness (QED) is 0.783. The monoisotopic (exact) mass is 364 g/mol. The Morgan fingerprint density at radius 1 is 1.41 bits per heavy atom. The second kappa shape index (κ2) is 6.62. The number of nitrogens with zero attached hydrogens (tertiary/aromatic N) is 2. The number of halogens is 1. The molecule has 0 atom stereocenters. The van der Waals surface area contributed by atoms with Crippen molar-refractivity contribution in [2.45, 2.75) is 6.92 Å². The molecule has 1 aromatic carbocycles. The van der Waals surface area contributed by atoms with Crippen LogP contribution in [0.1, 0.15) is 17.3 Å². The van der Waals surface area contributed by atoms with Gasteiger partial charge in [0.05, 0.1) is 31.0 Å². The fraction of sp³-hybridized carbons (Fsp3) is 0.375. The third-order valence-corrected chi connectivity index (χ3v) is 4.28. The molecule has 0 radical (unpaired) electrons. The van der Waals surface area contributed by atoms with Crippen LogP contribution in [-0.4, -0.2) is 43.9 Å². The van der Waals surface area contributed by atoms with E-state index in [1.54, 1.807) is 13.1 Å². The van der Waals surface area contributed by atoms with Gasteiger partial charge in [-0.2, -0.15) is 0 Å². The molecule has 22 heavy (non-hydrogen) atoms. The lowest BCUT2D eigenvalue weighted by Crippen LogP contribution is -2.37. The van der Waals surface area contributed by atoms with Gasteiger partial charge in [0.25, 0.3) is 0 Å². The molecule has 0 amide bonds. The molecule has 1 aromatic heterocycles. The molecule has 2 heterocycles. The lowest BCUT2D eigenvalue weighted by molar-refractivity contribution is 0.0526. The second-order valence-corrected chi connectivity index (χ2v) is 5.83. The normalized spacial score (nSPS) is 15.1. The first-order valence-electron chi connectivity index (χ1n) is 7.29. The van der Waals surface area contributed by atoms with Gasteiger partial charge in [-0.25, -0.2) is 4.79 Å². The van der Waals surface area contributed by atoms with Crippen LogP contribution in [0.4, 0.5) is 5.69 Å². The van der Waals surface area contributed by atoms with Gasteiger partial charge in [-0.15, -0.1) is 0 Å². The first-order valence-corrected chi connectivity index (χ1v) is 8.08. The number of fused-ring (bicyclic) bond motifs is 1. The molecule has 1 fully saturated rings. The number of para-hydroxylation sites is 1. The average molecular weight is 365 g/mol. The predicted molar refractivity (Wildman–Crippen MR) is 88.4 cm³/mol. The van der Waals surface area contributed by atoms with Crippen molar-refractivity contribution in [3.8, 4) is 0 Å². The number of benzene rings is 1. The molecule has 0 N–H and O–H groups in total. The van der Waals surface area contributed by atoms with Crippen molar-refractivity contribution < 1.29 is 14.3 Å². The van der Waals surface area contributed by atoms with Gasteiger partial charge in [0.1, 0.15) is 5.56 Å². The maximum absolute atomic E-state index is 12.3. The summed E-state index contributed by atoms with van der Waals surface area (Å²) in [6, 6.07) is 5.88. The van der Waals surface area contributed by atoms with E-state index in [2.05, 4.69) is 25.8 Å². The fourth-order valence-electron chi connectivity index (χ4n) is 2.66. The first kappa shape index (κ1) is 15.2. The fourth-order valence-corrected chi connectivity index (χ4v) is 3.13. The minimum atomic E-state index is -0.335. The third kappa shape index (κ3) is 2.80. The smallest absolute Gasteiger partial charge is 0.341 e. The summed E-state index contributed by atoms with van der Waals surface area (Å²) < 4.78 is 11.5. The summed E-state index contributed by atoms with van der Waals surface area (Å²) in [7, 11) is 0. The predicted octanol–water partition coefficient (Wildman–Crippen LogP) is 3.01. The Balaban J connectivity index is 2.19. The van der Waals surface area contributed by atoms with Crippen molar-refractivity contribution in [1.82, 2.24) is 4.98 Å². The van der Waals surface area contributed by atoms with Gasteiger partial charge in [0, 0.05) is 29.1 Å². The Bertz CT molecular complexity index is 699. The van der Waals surface area contributed by atoms with Gasteiger partial charge < -0.3 is 14.4 Å². The lowest BCUT2D eigenvalue weighted by Gasteiger charge is -2.31. The number of morpholine rings is 1. The standard InChI is InChI=1S/C16H17BrN2O3/c1-2-22-16(20)12-10-18-14-11(4-3-5-13(14)17)15(12)19-6-8-21-9-7-19/h3-5,10H,2,6-9H2,1H3. The van der Waals surface area contributed by atoms with Gasteiger partial charge >= 0.3 is 5.97 Å². The number of pyridine rings is 1. The van der Waals surface area contributed by atoms with Gasteiger partial charge in [0.2, 0.25) is 0 Å². The van der Waals surface area contributed by atoms with Crippen LogP contribution in [-0.2, 0) is 9.47 Å². The summed E-state index contributed by atoms with van der Waals surface area (Å²) in [5.74, 6) is -0.335. The molecule has 1 aliphatic heterocycles. The molecule has 0 bridgehead atoms. The van der Waals surface area contributed by atoms with E-state index in [0.717, 1.165) is 34.2 Å². The first-order chi connectivity index (χ1) is 10.7. The van der Waals surface area contributed by atoms with E-state index in [9.17, 15) is 4.79 Å². The molecule has 3 rings (SSSR count). The van der Waals surface area contributed by atoms with Gasteiger partial charge in [-0.05, 0) is 28.9 Å². The van der Waals surface area contributed by atoms with E-state index in [0.29, 0.717) is 25.4 Å². The second-order valence-electron chi connectivity index (χ2n) is 4.98. The lowest BCUT2D eigenvalue weighted by atomic mass is 10.1. The Morgan fingerprint density at radius 2 is 2.18 bits per heavy atom. The van der Waals surface area contributed by atoms with E-state index < -0.39 is 0 Å². The average Bonchev–Trinajstić information content (AvgIpc) is 2.55. The Morgan fingerprint density at radius 3 is 2.91 bits per heavy atom. The van der Waals surface area contributed by atoms with Crippen LogP contribution in [0.2, 0.25) is 0 Å². The molecule has 6 heteroatoms. The molecule has 0 saturated carbocycles. The summed E-state index contributed by atoms with van der Waals surface area (Å²) in [5, 5.41) is 0.946. The molecule has 5 nitrogen and oxygen atoms in total. The number of hydrogen-bond donors (Lipinski definition) is 0. The van der Waals surface area contributed by atoms with Crippen molar-refractivity contribution in [1.29, 1.82) is 0 Å². The number of esters is 1. The number of aromatic nitrogens is 1. The van der Waals surface area contributed by atoms with Gasteiger partial charge in [0.15, 0.2) is 0 Å². The number of anilines is 1. The highest BCUT2D eigenvalue weighted by atomic mass is 79.9. The molecular weight excluding hydrogens is 348 g/mol. The zero-order valence-electron chi connectivity index (χ0n) is 12.3. The molecule has 0 spiro atoms. The van der Waals surface area contributed by atoms with Crippen LogP contribution in [0.5, 0.6) is 0 Å². The summed E-state index contributed by atoms with van der Waals surface area (Å²) in [6.45, 7) is 4.95. The summed E-state index contributed by atoms with van der Waals surface area (Å²) in [6.07, 6.45) is 1.61. The van der Waals surface area contributed by atoms with Crippen LogP contribution in [0.15, 0.2) is 28.9 Å². The third-order valence-electron chi connectivity index (χ3n) is 3.64. The Hall–Kier alpha value is -1.66. The van der Waals surface area contributed by atoms with Crippen molar-refractivity contribution in [3.05, 3.63) is 34.4 Å². The molecular formula is C16H17BrN2O3. The van der Waals surface area contributed by atoms with E-state index in [-0.39, 0.29) is 5.97 Å². The minimum Gasteiger partial charge on any atom is -0.462 e. The van der Waals surface area contributed by atoms with Crippen molar-refractivity contribution in [2.75, 3.05) is 37.8 Å². The number of hydrogen-bond acceptors (Lipinski definition) is 5. The van der Waals surface area contributed by atoms with E-state index in [1.165, 1.54) is 0 Å². The van der Waals surface area contributed by atoms with Crippen molar-refractivity contribution >= 4 is 38.5 Å². The van der Waals surface area contributed by atoms with Crippen LogP contribution >= 0.6 is 15.9 Å².